The molecule has 1 aromatic heterocycles. The van der Waals surface area contributed by atoms with Crippen LogP contribution >= 0.6 is 11.8 Å². The Morgan fingerprint density at radius 1 is 1.38 bits per heavy atom. The summed E-state index contributed by atoms with van der Waals surface area (Å²) < 4.78 is 6.88. The molecule has 1 aromatic carbocycles. The Balaban J connectivity index is 1.91. The molecule has 0 atom stereocenters. The molecule has 110 valence electrons. The number of amides is 1. The van der Waals surface area contributed by atoms with E-state index in [2.05, 4.69) is 5.10 Å². The van der Waals surface area contributed by atoms with Crippen molar-refractivity contribution in [3.63, 3.8) is 0 Å². The molecule has 1 amide bonds. The number of carbonyl (C=O) groups is 1. The van der Waals surface area contributed by atoms with Crippen LogP contribution in [-0.2, 0) is 7.05 Å². The van der Waals surface area contributed by atoms with Gasteiger partial charge in [0.15, 0.2) is 0 Å². The number of methoxy groups -OCH3 is 1. The van der Waals surface area contributed by atoms with Gasteiger partial charge in [-0.05, 0) is 18.2 Å². The van der Waals surface area contributed by atoms with Gasteiger partial charge in [0.1, 0.15) is 11.4 Å². The zero-order chi connectivity index (χ0) is 14.8. The lowest BCUT2D eigenvalue weighted by molar-refractivity contribution is 0.0792. The summed E-state index contributed by atoms with van der Waals surface area (Å²) in [6.45, 7) is 0.809. The van der Waals surface area contributed by atoms with Crippen LogP contribution < -0.4 is 4.74 Å². The topological polar surface area (TPSA) is 47.4 Å². The van der Waals surface area contributed by atoms with Crippen LogP contribution in [0.1, 0.15) is 10.5 Å². The van der Waals surface area contributed by atoms with Crippen molar-refractivity contribution in [2.24, 2.45) is 7.05 Å². The van der Waals surface area contributed by atoms with Crippen LogP contribution in [0.3, 0.4) is 0 Å². The fraction of sp³-hybridized carbons (Fsp3) is 0.333. The largest absolute Gasteiger partial charge is 0.497 e. The number of carbonyl (C=O) groups excluding carboxylic acids is 1. The van der Waals surface area contributed by atoms with Crippen molar-refractivity contribution in [2.75, 3.05) is 25.3 Å². The molecular formula is C15H17N3O2S. The first kappa shape index (κ1) is 14.0. The number of hydrogen-bond donors (Lipinski definition) is 0. The highest BCUT2D eigenvalue weighted by Crippen LogP contribution is 2.24. The zero-order valence-corrected chi connectivity index (χ0v) is 12.9. The average molecular weight is 303 g/mol. The molecule has 1 saturated heterocycles. The maximum Gasteiger partial charge on any atom is 0.272 e. The Morgan fingerprint density at radius 3 is 2.95 bits per heavy atom. The third kappa shape index (κ3) is 2.76. The minimum Gasteiger partial charge on any atom is -0.497 e. The van der Waals surface area contributed by atoms with Gasteiger partial charge in [-0.15, -0.1) is 11.8 Å². The van der Waals surface area contributed by atoms with Gasteiger partial charge >= 0.3 is 0 Å². The van der Waals surface area contributed by atoms with Gasteiger partial charge in [-0.3, -0.25) is 9.48 Å². The number of thioether (sulfide) groups is 1. The molecule has 0 spiro atoms. The highest BCUT2D eigenvalue weighted by atomic mass is 32.2. The van der Waals surface area contributed by atoms with Gasteiger partial charge in [-0.25, -0.2) is 0 Å². The van der Waals surface area contributed by atoms with Crippen LogP contribution in [-0.4, -0.2) is 45.9 Å². The normalized spacial score (nSPS) is 14.5. The third-order valence-corrected chi connectivity index (χ3v) is 4.47. The molecule has 3 rings (SSSR count). The van der Waals surface area contributed by atoms with Crippen molar-refractivity contribution in [3.05, 3.63) is 36.0 Å². The molecule has 0 aliphatic carbocycles. The molecule has 21 heavy (non-hydrogen) atoms. The Labute approximate surface area is 127 Å². The number of hydrogen-bond acceptors (Lipinski definition) is 4. The lowest BCUT2D eigenvalue weighted by Crippen LogP contribution is -2.29. The Bertz CT molecular complexity index is 663. The first-order valence-electron chi connectivity index (χ1n) is 6.74. The second-order valence-corrected chi connectivity index (χ2v) is 5.95. The van der Waals surface area contributed by atoms with Crippen molar-refractivity contribution in [1.82, 2.24) is 14.7 Å². The summed E-state index contributed by atoms with van der Waals surface area (Å²) in [7, 11) is 3.44. The van der Waals surface area contributed by atoms with Gasteiger partial charge in [-0.1, -0.05) is 12.1 Å². The van der Waals surface area contributed by atoms with Crippen molar-refractivity contribution in [2.45, 2.75) is 0 Å². The molecule has 0 bridgehead atoms. The molecule has 0 N–H and O–H groups in total. The van der Waals surface area contributed by atoms with Gasteiger partial charge in [0.05, 0.1) is 18.7 Å². The molecule has 1 aliphatic heterocycles. The van der Waals surface area contributed by atoms with Crippen LogP contribution in [0.15, 0.2) is 30.3 Å². The predicted octanol–water partition coefficient (Wildman–Crippen LogP) is 2.24. The van der Waals surface area contributed by atoms with E-state index < -0.39 is 0 Å². The van der Waals surface area contributed by atoms with E-state index in [4.69, 9.17) is 4.74 Å². The molecular weight excluding hydrogens is 286 g/mol. The quantitative estimate of drug-likeness (QED) is 0.872. The summed E-state index contributed by atoms with van der Waals surface area (Å²) in [6, 6.07) is 9.54. The van der Waals surface area contributed by atoms with Gasteiger partial charge in [-0.2, -0.15) is 5.10 Å². The van der Waals surface area contributed by atoms with Gasteiger partial charge in [0.2, 0.25) is 0 Å². The van der Waals surface area contributed by atoms with Crippen LogP contribution in [0.4, 0.5) is 0 Å². The molecule has 6 heteroatoms. The number of aromatic nitrogens is 2. The molecule has 0 unspecified atom stereocenters. The smallest absolute Gasteiger partial charge is 0.272 e. The SMILES string of the molecule is COc1cccc(-c2cc(C(=O)N3CCSC3)n(C)n2)c1. The van der Waals surface area contributed by atoms with Gasteiger partial charge in [0, 0.05) is 24.9 Å². The third-order valence-electron chi connectivity index (χ3n) is 3.50. The molecule has 2 heterocycles. The highest BCUT2D eigenvalue weighted by Gasteiger charge is 2.23. The van der Waals surface area contributed by atoms with Crippen LogP contribution in [0.5, 0.6) is 5.75 Å². The molecule has 1 aliphatic rings. The molecule has 1 fully saturated rings. The van der Waals surface area contributed by atoms with Crippen LogP contribution in [0, 0.1) is 0 Å². The van der Waals surface area contributed by atoms with E-state index in [1.807, 2.05) is 35.2 Å². The summed E-state index contributed by atoms with van der Waals surface area (Å²) in [5.74, 6) is 2.59. The lowest BCUT2D eigenvalue weighted by atomic mass is 10.1. The maximum absolute atomic E-state index is 12.5. The minimum absolute atomic E-state index is 0.0455. The van der Waals surface area contributed by atoms with E-state index in [9.17, 15) is 4.79 Å². The predicted molar refractivity (Wildman–Crippen MR) is 83.6 cm³/mol. The Kier molecular flexibility index (Phi) is 3.88. The van der Waals surface area contributed by atoms with E-state index in [1.54, 1.807) is 30.6 Å². The van der Waals surface area contributed by atoms with Crippen molar-refractivity contribution in [1.29, 1.82) is 0 Å². The lowest BCUT2D eigenvalue weighted by Gasteiger charge is -2.13. The molecule has 0 radical (unpaired) electrons. The van der Waals surface area contributed by atoms with E-state index in [-0.39, 0.29) is 5.91 Å². The fourth-order valence-electron chi connectivity index (χ4n) is 2.33. The van der Waals surface area contributed by atoms with Crippen molar-refractivity contribution in [3.8, 4) is 17.0 Å². The Hall–Kier alpha value is -1.95. The van der Waals surface area contributed by atoms with Crippen LogP contribution in [0.25, 0.3) is 11.3 Å². The number of nitrogens with zero attached hydrogens (tertiary/aromatic N) is 3. The van der Waals surface area contributed by atoms with Gasteiger partial charge in [0.25, 0.3) is 5.91 Å². The van der Waals surface area contributed by atoms with Crippen LogP contribution in [0.2, 0.25) is 0 Å². The monoisotopic (exact) mass is 303 g/mol. The zero-order valence-electron chi connectivity index (χ0n) is 12.1. The van der Waals surface area contributed by atoms with E-state index in [0.29, 0.717) is 5.69 Å². The number of rotatable bonds is 3. The fourth-order valence-corrected chi connectivity index (χ4v) is 3.27. The summed E-state index contributed by atoms with van der Waals surface area (Å²) in [4.78, 5) is 14.3. The van der Waals surface area contributed by atoms with Crippen molar-refractivity contribution < 1.29 is 9.53 Å². The van der Waals surface area contributed by atoms with E-state index in [1.165, 1.54) is 0 Å². The summed E-state index contributed by atoms with van der Waals surface area (Å²) >= 11 is 1.78. The second-order valence-electron chi connectivity index (χ2n) is 4.88. The summed E-state index contributed by atoms with van der Waals surface area (Å²) in [5.41, 5.74) is 2.35. The standard InChI is InChI=1S/C15H17N3O2S/c1-17-14(15(19)18-6-7-21-10-18)9-13(16-17)11-4-3-5-12(8-11)20-2/h3-5,8-9H,6-7,10H2,1-2H3. The highest BCUT2D eigenvalue weighted by molar-refractivity contribution is 7.99. The Morgan fingerprint density at radius 2 is 2.24 bits per heavy atom. The number of aryl methyl sites for hydroxylation is 1. The first-order chi connectivity index (χ1) is 10.2. The minimum atomic E-state index is 0.0455. The molecule has 0 saturated carbocycles. The summed E-state index contributed by atoms with van der Waals surface area (Å²) in [6.07, 6.45) is 0. The summed E-state index contributed by atoms with van der Waals surface area (Å²) in [5, 5.41) is 4.46. The number of benzene rings is 1. The maximum atomic E-state index is 12.5. The van der Waals surface area contributed by atoms with Gasteiger partial charge < -0.3 is 9.64 Å². The molecule has 5 nitrogen and oxygen atoms in total. The first-order valence-corrected chi connectivity index (χ1v) is 7.90. The number of ether oxygens (including phenoxy) is 1. The van der Waals surface area contributed by atoms with E-state index >= 15 is 0 Å². The molecule has 2 aromatic rings. The van der Waals surface area contributed by atoms with Crippen molar-refractivity contribution >= 4 is 17.7 Å². The second kappa shape index (κ2) is 5.81. The van der Waals surface area contributed by atoms with E-state index in [0.717, 1.165) is 35.2 Å². The average Bonchev–Trinajstić information content (AvgIpc) is 3.16.